The first-order valence-corrected chi connectivity index (χ1v) is 8.07. The number of nitrogens with two attached hydrogens (primary N) is 1. The fraction of sp³-hybridized carbons (Fsp3) is 0.333. The molecule has 4 nitrogen and oxygen atoms in total. The van der Waals surface area contributed by atoms with E-state index in [4.69, 9.17) is 17.3 Å². The van der Waals surface area contributed by atoms with E-state index in [0.717, 1.165) is 30.5 Å². The third-order valence-corrected chi connectivity index (χ3v) is 4.80. The normalized spacial score (nSPS) is 17.3. The molecule has 0 bridgehead atoms. The number of aryl methyl sites for hydroxylation is 1. The number of hydrogen-bond acceptors (Lipinski definition) is 4. The molecule has 1 heterocycles. The minimum Gasteiger partial charge on any atom is -0.375 e. The molecule has 2 aromatic rings. The molecule has 1 unspecified atom stereocenters. The number of hydrogen-bond donors (Lipinski definition) is 2. The number of carbonyl (C=O) groups excluding carboxylic acids is 1. The molecule has 1 amide bonds. The zero-order valence-electron chi connectivity index (χ0n) is 11.4. The molecule has 0 spiro atoms. The van der Waals surface area contributed by atoms with Gasteiger partial charge in [-0.15, -0.1) is 11.3 Å². The SMILES string of the molecule is Nc1nc2c(s1)CC(NC(=O)Cc1ccc(Cl)cc1)CC2. The lowest BCUT2D eigenvalue weighted by Gasteiger charge is -2.22. The Morgan fingerprint density at radius 3 is 2.95 bits per heavy atom. The number of rotatable bonds is 3. The van der Waals surface area contributed by atoms with E-state index < -0.39 is 0 Å². The summed E-state index contributed by atoms with van der Waals surface area (Å²) in [7, 11) is 0. The Kier molecular flexibility index (Phi) is 4.12. The Morgan fingerprint density at radius 1 is 1.43 bits per heavy atom. The van der Waals surface area contributed by atoms with Crippen LogP contribution in [0.25, 0.3) is 0 Å². The van der Waals surface area contributed by atoms with Crippen LogP contribution in [0, 0.1) is 0 Å². The van der Waals surface area contributed by atoms with E-state index in [1.54, 1.807) is 12.1 Å². The number of benzene rings is 1. The fourth-order valence-corrected chi connectivity index (χ4v) is 3.67. The Balaban J connectivity index is 1.57. The molecule has 1 atom stereocenters. The maximum Gasteiger partial charge on any atom is 0.224 e. The van der Waals surface area contributed by atoms with E-state index in [1.807, 2.05) is 12.1 Å². The molecule has 0 aliphatic heterocycles. The van der Waals surface area contributed by atoms with Crippen LogP contribution in [0.4, 0.5) is 5.13 Å². The van der Waals surface area contributed by atoms with Gasteiger partial charge in [-0.25, -0.2) is 4.98 Å². The lowest BCUT2D eigenvalue weighted by molar-refractivity contribution is -0.121. The highest BCUT2D eigenvalue weighted by Gasteiger charge is 2.23. The minimum atomic E-state index is 0.0447. The quantitative estimate of drug-likeness (QED) is 0.913. The second-order valence-corrected chi connectivity index (χ2v) is 6.78. The summed E-state index contributed by atoms with van der Waals surface area (Å²) >= 11 is 7.37. The highest BCUT2D eigenvalue weighted by atomic mass is 35.5. The van der Waals surface area contributed by atoms with Gasteiger partial charge in [0.1, 0.15) is 0 Å². The van der Waals surface area contributed by atoms with Crippen LogP contribution in [0.2, 0.25) is 5.02 Å². The van der Waals surface area contributed by atoms with Gasteiger partial charge in [0, 0.05) is 22.4 Å². The maximum atomic E-state index is 12.1. The molecule has 1 aromatic heterocycles. The predicted octanol–water partition coefficient (Wildman–Crippen LogP) is 2.59. The summed E-state index contributed by atoms with van der Waals surface area (Å²) < 4.78 is 0. The van der Waals surface area contributed by atoms with Crippen molar-refractivity contribution in [3.05, 3.63) is 45.4 Å². The van der Waals surface area contributed by atoms with E-state index in [-0.39, 0.29) is 11.9 Å². The standard InChI is InChI=1S/C15H16ClN3OS/c16-10-3-1-9(2-4-10)7-14(20)18-11-5-6-12-13(8-11)21-15(17)19-12/h1-4,11H,5-8H2,(H2,17,19)(H,18,20). The second-order valence-electron chi connectivity index (χ2n) is 5.23. The Hall–Kier alpha value is -1.59. The van der Waals surface area contributed by atoms with Crippen molar-refractivity contribution in [3.8, 4) is 0 Å². The smallest absolute Gasteiger partial charge is 0.224 e. The molecule has 0 radical (unpaired) electrons. The van der Waals surface area contributed by atoms with Gasteiger partial charge in [0.25, 0.3) is 0 Å². The maximum absolute atomic E-state index is 12.1. The van der Waals surface area contributed by atoms with Gasteiger partial charge in [-0.1, -0.05) is 23.7 Å². The molecular weight excluding hydrogens is 306 g/mol. The first-order chi connectivity index (χ1) is 10.1. The van der Waals surface area contributed by atoms with Crippen molar-refractivity contribution in [1.29, 1.82) is 0 Å². The van der Waals surface area contributed by atoms with Crippen LogP contribution in [0.15, 0.2) is 24.3 Å². The van der Waals surface area contributed by atoms with Crippen molar-refractivity contribution in [2.75, 3.05) is 5.73 Å². The third-order valence-electron chi connectivity index (χ3n) is 3.60. The first kappa shape index (κ1) is 14.4. The second kappa shape index (κ2) is 6.03. The van der Waals surface area contributed by atoms with E-state index in [0.29, 0.717) is 16.6 Å². The van der Waals surface area contributed by atoms with Gasteiger partial charge in [-0.05, 0) is 30.5 Å². The molecule has 3 rings (SSSR count). The largest absolute Gasteiger partial charge is 0.375 e. The van der Waals surface area contributed by atoms with Crippen LogP contribution < -0.4 is 11.1 Å². The molecule has 0 fully saturated rings. The average molecular weight is 322 g/mol. The molecule has 110 valence electrons. The summed E-state index contributed by atoms with van der Waals surface area (Å²) in [5, 5.41) is 4.40. The minimum absolute atomic E-state index is 0.0447. The molecule has 3 N–H and O–H groups in total. The Bertz CT molecular complexity index is 653. The number of carbonyl (C=O) groups is 1. The topological polar surface area (TPSA) is 68.0 Å². The number of amides is 1. The first-order valence-electron chi connectivity index (χ1n) is 6.88. The Labute approximate surface area is 132 Å². The van der Waals surface area contributed by atoms with Gasteiger partial charge in [0.2, 0.25) is 5.91 Å². The van der Waals surface area contributed by atoms with Gasteiger partial charge in [-0.2, -0.15) is 0 Å². The van der Waals surface area contributed by atoms with Crippen LogP contribution in [-0.4, -0.2) is 16.9 Å². The van der Waals surface area contributed by atoms with Gasteiger partial charge in [0.15, 0.2) is 5.13 Å². The van der Waals surface area contributed by atoms with Crippen molar-refractivity contribution in [2.45, 2.75) is 31.7 Å². The highest BCUT2D eigenvalue weighted by molar-refractivity contribution is 7.15. The van der Waals surface area contributed by atoms with Crippen molar-refractivity contribution < 1.29 is 4.79 Å². The van der Waals surface area contributed by atoms with E-state index in [1.165, 1.54) is 16.2 Å². The van der Waals surface area contributed by atoms with Crippen molar-refractivity contribution in [3.63, 3.8) is 0 Å². The van der Waals surface area contributed by atoms with Gasteiger partial charge < -0.3 is 11.1 Å². The van der Waals surface area contributed by atoms with Gasteiger partial charge >= 0.3 is 0 Å². The molecule has 0 saturated heterocycles. The summed E-state index contributed by atoms with van der Waals surface area (Å²) in [5.41, 5.74) is 7.79. The molecule has 6 heteroatoms. The summed E-state index contributed by atoms with van der Waals surface area (Å²) in [4.78, 5) is 17.6. The number of nitrogens with one attached hydrogen (secondary N) is 1. The molecule has 1 aliphatic rings. The van der Waals surface area contributed by atoms with Gasteiger partial charge in [-0.3, -0.25) is 4.79 Å². The van der Waals surface area contributed by atoms with Crippen LogP contribution >= 0.6 is 22.9 Å². The zero-order chi connectivity index (χ0) is 14.8. The number of anilines is 1. The Morgan fingerprint density at radius 2 is 2.19 bits per heavy atom. The van der Waals surface area contributed by atoms with Crippen LogP contribution in [-0.2, 0) is 24.1 Å². The monoisotopic (exact) mass is 321 g/mol. The van der Waals surface area contributed by atoms with Crippen molar-refractivity contribution >= 4 is 34.0 Å². The molecule has 1 aromatic carbocycles. The lowest BCUT2D eigenvalue weighted by Crippen LogP contribution is -2.39. The average Bonchev–Trinajstić information content (AvgIpc) is 2.80. The lowest BCUT2D eigenvalue weighted by atomic mass is 9.97. The van der Waals surface area contributed by atoms with E-state index in [2.05, 4.69) is 10.3 Å². The predicted molar refractivity (Wildman–Crippen MR) is 85.6 cm³/mol. The number of halogens is 1. The number of aromatic nitrogens is 1. The molecule has 0 saturated carbocycles. The molecule has 1 aliphatic carbocycles. The van der Waals surface area contributed by atoms with E-state index >= 15 is 0 Å². The number of thiazole rings is 1. The summed E-state index contributed by atoms with van der Waals surface area (Å²) in [6.07, 6.45) is 3.01. The molecule has 21 heavy (non-hydrogen) atoms. The van der Waals surface area contributed by atoms with Gasteiger partial charge in [0.05, 0.1) is 12.1 Å². The number of nitrogens with zero attached hydrogens (tertiary/aromatic N) is 1. The summed E-state index contributed by atoms with van der Waals surface area (Å²) in [6.45, 7) is 0. The van der Waals surface area contributed by atoms with Crippen molar-refractivity contribution in [1.82, 2.24) is 10.3 Å². The van der Waals surface area contributed by atoms with Crippen LogP contribution in [0.3, 0.4) is 0 Å². The number of nitrogen functional groups attached to an aromatic ring is 1. The third kappa shape index (κ3) is 3.54. The van der Waals surface area contributed by atoms with Crippen LogP contribution in [0.5, 0.6) is 0 Å². The molecular formula is C15H16ClN3OS. The highest BCUT2D eigenvalue weighted by Crippen LogP contribution is 2.28. The fourth-order valence-electron chi connectivity index (χ4n) is 2.58. The van der Waals surface area contributed by atoms with Crippen molar-refractivity contribution in [2.24, 2.45) is 0 Å². The number of fused-ring (bicyclic) bond motifs is 1. The van der Waals surface area contributed by atoms with E-state index in [9.17, 15) is 4.79 Å². The summed E-state index contributed by atoms with van der Waals surface area (Å²) in [6, 6.07) is 7.54. The zero-order valence-corrected chi connectivity index (χ0v) is 13.0. The summed E-state index contributed by atoms with van der Waals surface area (Å²) in [5.74, 6) is 0.0447. The van der Waals surface area contributed by atoms with Crippen LogP contribution in [0.1, 0.15) is 22.6 Å².